The first kappa shape index (κ1) is 17.7. The van der Waals surface area contributed by atoms with Gasteiger partial charge in [0.25, 0.3) is 5.91 Å². The molecule has 1 saturated carbocycles. The van der Waals surface area contributed by atoms with Crippen molar-refractivity contribution in [3.05, 3.63) is 29.6 Å². The topological polar surface area (TPSA) is 75.7 Å². The monoisotopic (exact) mass is 344 g/mol. The van der Waals surface area contributed by atoms with Crippen molar-refractivity contribution in [3.8, 4) is 5.75 Å². The number of halogens is 1. The largest absolute Gasteiger partial charge is 0.490 e. The van der Waals surface area contributed by atoms with Crippen molar-refractivity contribution in [3.63, 3.8) is 0 Å². The van der Waals surface area contributed by atoms with Crippen LogP contribution < -0.4 is 9.46 Å². The summed E-state index contributed by atoms with van der Waals surface area (Å²) in [7, 11) is -1.43. The third kappa shape index (κ3) is 4.42. The van der Waals surface area contributed by atoms with Crippen LogP contribution in [0.15, 0.2) is 18.2 Å². The predicted octanol–water partition coefficient (Wildman–Crippen LogP) is 1.93. The van der Waals surface area contributed by atoms with Gasteiger partial charge in [-0.3, -0.25) is 4.79 Å². The number of nitrogens with zero attached hydrogens (tertiary/aromatic N) is 1. The van der Waals surface area contributed by atoms with Gasteiger partial charge in [0.15, 0.2) is 11.6 Å². The molecule has 0 aliphatic heterocycles. The molecule has 0 aromatic heterocycles. The van der Waals surface area contributed by atoms with Gasteiger partial charge in [0.05, 0.1) is 12.2 Å². The molecular formula is C15H21FN2O4S. The predicted molar refractivity (Wildman–Crippen MR) is 83.9 cm³/mol. The first-order valence-corrected chi connectivity index (χ1v) is 8.91. The van der Waals surface area contributed by atoms with Gasteiger partial charge >= 0.3 is 10.2 Å². The highest BCUT2D eigenvalue weighted by molar-refractivity contribution is 7.87. The van der Waals surface area contributed by atoms with E-state index in [0.717, 1.165) is 30.0 Å². The lowest BCUT2D eigenvalue weighted by Gasteiger charge is -2.15. The van der Waals surface area contributed by atoms with E-state index in [1.807, 2.05) is 0 Å². The molecule has 0 bridgehead atoms. The third-order valence-electron chi connectivity index (χ3n) is 3.86. The Bertz CT molecular complexity index is 670. The number of benzene rings is 1. The second-order valence-corrected chi connectivity index (χ2v) is 7.68. The molecule has 0 heterocycles. The summed E-state index contributed by atoms with van der Waals surface area (Å²) in [6.07, 6.45) is 4.43. The lowest BCUT2D eigenvalue weighted by Crippen LogP contribution is -2.39. The zero-order valence-electron chi connectivity index (χ0n) is 13.2. The average molecular weight is 344 g/mol. The smallest absolute Gasteiger partial charge is 0.303 e. The fourth-order valence-corrected chi connectivity index (χ4v) is 2.97. The van der Waals surface area contributed by atoms with Crippen LogP contribution in [-0.4, -0.2) is 39.3 Å². The molecular weight excluding hydrogens is 323 g/mol. The minimum Gasteiger partial charge on any atom is -0.490 e. The van der Waals surface area contributed by atoms with E-state index in [1.54, 1.807) is 4.72 Å². The lowest BCUT2D eigenvalue weighted by atomic mass is 10.1. The van der Waals surface area contributed by atoms with Crippen molar-refractivity contribution in [1.82, 2.24) is 9.03 Å². The summed E-state index contributed by atoms with van der Waals surface area (Å²) in [6, 6.07) is 4.12. The standard InChI is InChI=1S/C15H21FN2O4S/c1-18(2)23(20,21)17-15(19)12-8-5-9-13(14(12)16)22-10-11-6-3-4-7-11/h5,8-9,11H,3-4,6-7,10H2,1-2H3,(H,17,19). The number of hydrogen-bond donors (Lipinski definition) is 1. The first-order chi connectivity index (χ1) is 10.8. The zero-order chi connectivity index (χ0) is 17.0. The first-order valence-electron chi connectivity index (χ1n) is 7.47. The second kappa shape index (κ2) is 7.27. The van der Waals surface area contributed by atoms with Crippen LogP contribution in [0.3, 0.4) is 0 Å². The molecule has 1 aromatic rings. The number of amides is 1. The molecule has 0 saturated heterocycles. The fourth-order valence-electron chi connectivity index (χ4n) is 2.45. The van der Waals surface area contributed by atoms with Gasteiger partial charge in [-0.15, -0.1) is 0 Å². The molecule has 0 radical (unpaired) electrons. The van der Waals surface area contributed by atoms with Crippen LogP contribution in [0.25, 0.3) is 0 Å². The van der Waals surface area contributed by atoms with Crippen LogP contribution >= 0.6 is 0 Å². The molecule has 128 valence electrons. The van der Waals surface area contributed by atoms with Gasteiger partial charge in [-0.1, -0.05) is 18.9 Å². The Labute approximate surface area is 135 Å². The summed E-state index contributed by atoms with van der Waals surface area (Å²) in [4.78, 5) is 12.0. The minimum atomic E-state index is -3.97. The molecule has 1 aromatic carbocycles. The quantitative estimate of drug-likeness (QED) is 0.856. The van der Waals surface area contributed by atoms with Gasteiger partial charge in [-0.25, -0.2) is 9.11 Å². The van der Waals surface area contributed by atoms with E-state index in [9.17, 15) is 17.6 Å². The number of rotatable bonds is 6. The van der Waals surface area contributed by atoms with Gasteiger partial charge in [-0.05, 0) is 30.9 Å². The molecule has 1 aliphatic carbocycles. The van der Waals surface area contributed by atoms with Crippen LogP contribution in [0.2, 0.25) is 0 Å². The lowest BCUT2D eigenvalue weighted by molar-refractivity contribution is 0.0974. The summed E-state index contributed by atoms with van der Waals surface area (Å²) < 4.78 is 45.8. The van der Waals surface area contributed by atoms with Gasteiger partial charge in [-0.2, -0.15) is 12.7 Å². The maximum atomic E-state index is 14.4. The van der Waals surface area contributed by atoms with Crippen molar-refractivity contribution in [1.29, 1.82) is 0 Å². The molecule has 1 fully saturated rings. The van der Waals surface area contributed by atoms with Crippen molar-refractivity contribution < 1.29 is 22.3 Å². The summed E-state index contributed by atoms with van der Waals surface area (Å²) in [5.41, 5.74) is -0.362. The molecule has 0 unspecified atom stereocenters. The van der Waals surface area contributed by atoms with Crippen molar-refractivity contribution in [2.45, 2.75) is 25.7 Å². The fraction of sp³-hybridized carbons (Fsp3) is 0.533. The van der Waals surface area contributed by atoms with Crippen LogP contribution in [-0.2, 0) is 10.2 Å². The maximum absolute atomic E-state index is 14.4. The Morgan fingerprint density at radius 2 is 2.00 bits per heavy atom. The van der Waals surface area contributed by atoms with Gasteiger partial charge < -0.3 is 4.74 Å². The Morgan fingerprint density at radius 1 is 1.35 bits per heavy atom. The van der Waals surface area contributed by atoms with Crippen LogP contribution in [0.4, 0.5) is 4.39 Å². The van der Waals surface area contributed by atoms with E-state index in [1.165, 1.54) is 32.3 Å². The molecule has 6 nitrogen and oxygen atoms in total. The highest BCUT2D eigenvalue weighted by Gasteiger charge is 2.23. The molecule has 2 rings (SSSR count). The van der Waals surface area contributed by atoms with Gasteiger partial charge in [0.1, 0.15) is 0 Å². The molecule has 1 N–H and O–H groups in total. The normalized spacial score (nSPS) is 15.8. The van der Waals surface area contributed by atoms with E-state index in [2.05, 4.69) is 0 Å². The molecule has 23 heavy (non-hydrogen) atoms. The Kier molecular flexibility index (Phi) is 5.59. The zero-order valence-corrected chi connectivity index (χ0v) is 14.0. The van der Waals surface area contributed by atoms with Crippen LogP contribution in [0.1, 0.15) is 36.0 Å². The number of carbonyl (C=O) groups excluding carboxylic acids is 1. The van der Waals surface area contributed by atoms with Gasteiger partial charge in [0.2, 0.25) is 0 Å². The Morgan fingerprint density at radius 3 is 2.61 bits per heavy atom. The van der Waals surface area contributed by atoms with Gasteiger partial charge in [0, 0.05) is 14.1 Å². The average Bonchev–Trinajstić information content (AvgIpc) is 2.98. The summed E-state index contributed by atoms with van der Waals surface area (Å²) in [6.45, 7) is 0.401. The molecule has 1 amide bonds. The van der Waals surface area contributed by atoms with Crippen molar-refractivity contribution >= 4 is 16.1 Å². The summed E-state index contributed by atoms with van der Waals surface area (Å²) in [5.74, 6) is -1.51. The minimum absolute atomic E-state index is 0.0354. The third-order valence-corrected chi connectivity index (χ3v) is 5.26. The van der Waals surface area contributed by atoms with Crippen LogP contribution in [0.5, 0.6) is 5.75 Å². The number of hydrogen-bond acceptors (Lipinski definition) is 4. The molecule has 0 atom stereocenters. The number of nitrogens with one attached hydrogen (secondary N) is 1. The molecule has 0 spiro atoms. The Balaban J connectivity index is 2.10. The summed E-state index contributed by atoms with van der Waals surface area (Å²) >= 11 is 0. The number of carbonyl (C=O) groups is 1. The van der Waals surface area contributed by atoms with E-state index in [0.29, 0.717) is 12.5 Å². The van der Waals surface area contributed by atoms with Crippen molar-refractivity contribution in [2.24, 2.45) is 5.92 Å². The number of ether oxygens (including phenoxy) is 1. The van der Waals surface area contributed by atoms with Crippen LogP contribution in [0, 0.1) is 11.7 Å². The molecule has 1 aliphatic rings. The Hall–Kier alpha value is -1.67. The van der Waals surface area contributed by atoms with E-state index < -0.39 is 21.9 Å². The highest BCUT2D eigenvalue weighted by atomic mass is 32.2. The molecule has 8 heteroatoms. The maximum Gasteiger partial charge on any atom is 0.303 e. The second-order valence-electron chi connectivity index (χ2n) is 5.80. The van der Waals surface area contributed by atoms with E-state index in [4.69, 9.17) is 4.74 Å². The van der Waals surface area contributed by atoms with E-state index >= 15 is 0 Å². The van der Waals surface area contributed by atoms with Crippen molar-refractivity contribution in [2.75, 3.05) is 20.7 Å². The van der Waals surface area contributed by atoms with E-state index in [-0.39, 0.29) is 11.3 Å². The SMILES string of the molecule is CN(C)S(=O)(=O)NC(=O)c1cccc(OCC2CCCC2)c1F. The highest BCUT2D eigenvalue weighted by Crippen LogP contribution is 2.27. The summed E-state index contributed by atoms with van der Waals surface area (Å²) in [5, 5.41) is 0.